The number of fused-ring (bicyclic) bond motifs is 3. The highest BCUT2D eigenvalue weighted by atomic mass is 16.6. The van der Waals surface area contributed by atoms with Crippen LogP contribution >= 0.6 is 0 Å². The van der Waals surface area contributed by atoms with Crippen molar-refractivity contribution >= 4 is 23.4 Å². The smallest absolute Gasteiger partial charge is 0.328 e. The molecule has 1 unspecified atom stereocenters. The van der Waals surface area contributed by atoms with E-state index in [9.17, 15) is 4.79 Å². The largest absolute Gasteiger partial charge is 0.433 e. The van der Waals surface area contributed by atoms with E-state index in [1.807, 2.05) is 32.3 Å². The molecule has 4 heteroatoms. The summed E-state index contributed by atoms with van der Waals surface area (Å²) in [5.74, 6) is -0.180. The van der Waals surface area contributed by atoms with E-state index in [4.69, 9.17) is 4.74 Å². The zero-order chi connectivity index (χ0) is 18.5. The maximum Gasteiger partial charge on any atom is 0.328 e. The maximum absolute atomic E-state index is 12.2. The third-order valence-corrected chi connectivity index (χ3v) is 5.63. The number of esters is 1. The van der Waals surface area contributed by atoms with Crippen molar-refractivity contribution in [3.8, 4) is 0 Å². The highest BCUT2D eigenvalue weighted by molar-refractivity contribution is 5.86. The van der Waals surface area contributed by atoms with Gasteiger partial charge in [-0.05, 0) is 49.2 Å². The molecule has 0 spiro atoms. The molecule has 134 valence electrons. The summed E-state index contributed by atoms with van der Waals surface area (Å²) in [6.07, 6.45) is 4.10. The Morgan fingerprint density at radius 3 is 2.46 bits per heavy atom. The van der Waals surface area contributed by atoms with Gasteiger partial charge in [-0.15, -0.1) is 0 Å². The van der Waals surface area contributed by atoms with Crippen LogP contribution in [0.25, 0.3) is 6.08 Å². The van der Waals surface area contributed by atoms with Crippen molar-refractivity contribution in [3.05, 3.63) is 65.7 Å². The van der Waals surface area contributed by atoms with Crippen molar-refractivity contribution in [3.63, 3.8) is 0 Å². The van der Waals surface area contributed by atoms with E-state index in [-0.39, 0.29) is 17.9 Å². The highest BCUT2D eigenvalue weighted by Crippen LogP contribution is 2.55. The molecule has 26 heavy (non-hydrogen) atoms. The lowest BCUT2D eigenvalue weighted by atomic mass is 9.77. The summed E-state index contributed by atoms with van der Waals surface area (Å²) >= 11 is 0. The first-order valence-corrected chi connectivity index (χ1v) is 8.91. The number of nitrogens with zero attached hydrogens (tertiary/aromatic N) is 2. The van der Waals surface area contributed by atoms with E-state index >= 15 is 0 Å². The van der Waals surface area contributed by atoms with Crippen molar-refractivity contribution in [2.45, 2.75) is 25.0 Å². The second kappa shape index (κ2) is 5.63. The van der Waals surface area contributed by atoms with Gasteiger partial charge >= 0.3 is 5.97 Å². The lowest BCUT2D eigenvalue weighted by Crippen LogP contribution is -2.51. The minimum Gasteiger partial charge on any atom is -0.433 e. The van der Waals surface area contributed by atoms with Crippen LogP contribution < -0.4 is 9.80 Å². The minimum atomic E-state index is -0.784. The molecule has 0 radical (unpaired) electrons. The fourth-order valence-corrected chi connectivity index (χ4v) is 4.09. The summed E-state index contributed by atoms with van der Waals surface area (Å²) < 4.78 is 5.95. The van der Waals surface area contributed by atoms with Gasteiger partial charge in [0.1, 0.15) is 6.54 Å². The van der Waals surface area contributed by atoms with E-state index < -0.39 is 5.72 Å². The first-order valence-electron chi connectivity index (χ1n) is 8.91. The Morgan fingerprint density at radius 2 is 1.77 bits per heavy atom. The van der Waals surface area contributed by atoms with Crippen LogP contribution in [-0.2, 0) is 14.9 Å². The normalized spacial score (nSPS) is 23.1. The second-order valence-electron chi connectivity index (χ2n) is 7.72. The topological polar surface area (TPSA) is 32.8 Å². The van der Waals surface area contributed by atoms with Crippen molar-refractivity contribution in [1.82, 2.24) is 0 Å². The van der Waals surface area contributed by atoms with Crippen molar-refractivity contribution in [1.29, 1.82) is 0 Å². The van der Waals surface area contributed by atoms with Crippen LogP contribution in [0, 0.1) is 0 Å². The van der Waals surface area contributed by atoms with Crippen LogP contribution in [0.4, 0.5) is 11.4 Å². The highest BCUT2D eigenvalue weighted by Gasteiger charge is 2.62. The molecular weight excluding hydrogens is 324 g/mol. The number of rotatable bonds is 3. The van der Waals surface area contributed by atoms with E-state index in [0.717, 1.165) is 16.9 Å². The molecule has 0 aliphatic carbocycles. The molecule has 2 aromatic carbocycles. The fraction of sp³-hybridized carbons (Fsp3) is 0.318. The van der Waals surface area contributed by atoms with Gasteiger partial charge in [0.05, 0.1) is 5.41 Å². The fourth-order valence-electron chi connectivity index (χ4n) is 4.09. The summed E-state index contributed by atoms with van der Waals surface area (Å²) in [7, 11) is 4.05. The molecule has 4 nitrogen and oxygen atoms in total. The van der Waals surface area contributed by atoms with Gasteiger partial charge in [-0.3, -0.25) is 4.79 Å². The number of hydrogen-bond acceptors (Lipinski definition) is 4. The Hall–Kier alpha value is -2.75. The molecule has 0 amide bonds. The zero-order valence-electron chi connectivity index (χ0n) is 15.7. The molecule has 0 saturated carbocycles. The predicted octanol–water partition coefficient (Wildman–Crippen LogP) is 3.82. The van der Waals surface area contributed by atoms with Crippen LogP contribution in [0.5, 0.6) is 0 Å². The van der Waals surface area contributed by atoms with Crippen LogP contribution in [0.3, 0.4) is 0 Å². The number of carbonyl (C=O) groups is 1. The molecule has 2 heterocycles. The summed E-state index contributed by atoms with van der Waals surface area (Å²) in [5, 5.41) is 0. The van der Waals surface area contributed by atoms with Gasteiger partial charge in [-0.25, -0.2) is 0 Å². The van der Waals surface area contributed by atoms with E-state index in [0.29, 0.717) is 0 Å². The van der Waals surface area contributed by atoms with Gasteiger partial charge in [0.2, 0.25) is 5.72 Å². The third kappa shape index (κ3) is 2.25. The molecule has 0 aromatic heterocycles. The third-order valence-electron chi connectivity index (χ3n) is 5.63. The number of ether oxygens (including phenoxy) is 1. The molecule has 0 bridgehead atoms. The summed E-state index contributed by atoms with van der Waals surface area (Å²) in [5.41, 5.74) is 3.41. The van der Waals surface area contributed by atoms with Gasteiger partial charge in [0.25, 0.3) is 0 Å². The van der Waals surface area contributed by atoms with Gasteiger partial charge in [0.15, 0.2) is 0 Å². The number of benzene rings is 2. The summed E-state index contributed by atoms with van der Waals surface area (Å²) in [4.78, 5) is 16.4. The molecule has 2 aliphatic rings. The maximum atomic E-state index is 12.2. The average Bonchev–Trinajstić information content (AvgIpc) is 3.05. The molecule has 2 aliphatic heterocycles. The van der Waals surface area contributed by atoms with Crippen LogP contribution in [0.1, 0.15) is 25.0 Å². The molecular formula is C22H24N2O2. The summed E-state index contributed by atoms with van der Waals surface area (Å²) in [6.45, 7) is 4.57. The Kier molecular flexibility index (Phi) is 3.62. The minimum absolute atomic E-state index is 0.180. The first-order chi connectivity index (χ1) is 12.3. The SMILES string of the molecule is CN(C)c1ccc(/C=C/C23OC(=O)CN2c2ccccc2C3(C)C)cc1. The van der Waals surface area contributed by atoms with E-state index in [1.54, 1.807) is 0 Å². The van der Waals surface area contributed by atoms with Crippen LogP contribution in [0.2, 0.25) is 0 Å². The molecule has 2 aromatic rings. The average molecular weight is 348 g/mol. The van der Waals surface area contributed by atoms with E-state index in [1.165, 1.54) is 5.56 Å². The van der Waals surface area contributed by atoms with Crippen molar-refractivity contribution < 1.29 is 9.53 Å². The van der Waals surface area contributed by atoms with Gasteiger partial charge in [-0.1, -0.05) is 36.4 Å². The number of para-hydroxylation sites is 1. The van der Waals surface area contributed by atoms with Gasteiger partial charge < -0.3 is 14.5 Å². The van der Waals surface area contributed by atoms with Gasteiger partial charge in [-0.2, -0.15) is 0 Å². The van der Waals surface area contributed by atoms with Crippen LogP contribution in [0.15, 0.2) is 54.6 Å². The number of anilines is 2. The molecule has 0 N–H and O–H groups in total. The van der Waals surface area contributed by atoms with Crippen molar-refractivity contribution in [2.75, 3.05) is 30.4 Å². The summed E-state index contributed by atoms with van der Waals surface area (Å²) in [6, 6.07) is 16.6. The lowest BCUT2D eigenvalue weighted by molar-refractivity contribution is -0.147. The second-order valence-corrected chi connectivity index (χ2v) is 7.72. The van der Waals surface area contributed by atoms with Crippen LogP contribution in [-0.4, -0.2) is 32.3 Å². The zero-order valence-corrected chi connectivity index (χ0v) is 15.7. The predicted molar refractivity (Wildman–Crippen MR) is 105 cm³/mol. The first kappa shape index (κ1) is 16.7. The number of carbonyl (C=O) groups excluding carboxylic acids is 1. The molecule has 1 saturated heterocycles. The Balaban J connectivity index is 1.75. The standard InChI is InChI=1S/C22H24N2O2/c1-21(2)18-7-5-6-8-19(18)24-15-20(25)26-22(21,24)14-13-16-9-11-17(12-10-16)23(3)4/h5-14H,15H2,1-4H3/b14-13+. The van der Waals surface area contributed by atoms with Crippen molar-refractivity contribution in [2.24, 2.45) is 0 Å². The Bertz CT molecular complexity index is 883. The number of hydrogen-bond donors (Lipinski definition) is 0. The molecule has 1 atom stereocenters. The van der Waals surface area contributed by atoms with E-state index in [2.05, 4.69) is 66.1 Å². The quantitative estimate of drug-likeness (QED) is 0.790. The molecule has 1 fully saturated rings. The molecule has 4 rings (SSSR count). The Morgan fingerprint density at radius 1 is 1.08 bits per heavy atom. The van der Waals surface area contributed by atoms with Gasteiger partial charge in [0, 0.05) is 25.5 Å². The lowest BCUT2D eigenvalue weighted by Gasteiger charge is -2.38. The Labute approximate surface area is 154 Å². The monoisotopic (exact) mass is 348 g/mol.